The molecule has 3 amide bonds. The van der Waals surface area contributed by atoms with Gasteiger partial charge in [0.1, 0.15) is 6.54 Å². The molecule has 0 aromatic rings. The second-order valence-electron chi connectivity index (χ2n) is 5.52. The number of nitrogens with zero attached hydrogens (tertiary/aromatic N) is 3. The molecule has 0 aliphatic carbocycles. The summed E-state index contributed by atoms with van der Waals surface area (Å²) in [6.07, 6.45) is 1.94. The number of methoxy groups -OCH3 is 1. The number of amides is 3. The van der Waals surface area contributed by atoms with Gasteiger partial charge in [-0.1, -0.05) is 0 Å². The van der Waals surface area contributed by atoms with Gasteiger partial charge in [-0.3, -0.25) is 9.69 Å². The standard InChI is InChI=1S/C13H24N4O3/c1-15-5-3-11(4-6-15)14-13(19)17-9-12(18)16(10-17)7-8-20-2/h11H,3-10H2,1-2H3,(H,14,19). The van der Waals surface area contributed by atoms with Crippen molar-refractivity contribution in [3.63, 3.8) is 0 Å². The molecule has 0 atom stereocenters. The van der Waals surface area contributed by atoms with E-state index >= 15 is 0 Å². The summed E-state index contributed by atoms with van der Waals surface area (Å²) in [6, 6.07) is 0.0923. The molecule has 0 aromatic carbocycles. The summed E-state index contributed by atoms with van der Waals surface area (Å²) in [4.78, 5) is 29.4. The van der Waals surface area contributed by atoms with Gasteiger partial charge in [-0.25, -0.2) is 4.79 Å². The van der Waals surface area contributed by atoms with Crippen LogP contribution in [-0.2, 0) is 9.53 Å². The molecule has 114 valence electrons. The van der Waals surface area contributed by atoms with Crippen molar-refractivity contribution in [3.8, 4) is 0 Å². The first-order chi connectivity index (χ1) is 9.60. The van der Waals surface area contributed by atoms with Crippen molar-refractivity contribution < 1.29 is 14.3 Å². The molecule has 7 nitrogen and oxygen atoms in total. The van der Waals surface area contributed by atoms with Gasteiger partial charge in [0.05, 0.1) is 13.3 Å². The van der Waals surface area contributed by atoms with Crippen LogP contribution in [0.25, 0.3) is 0 Å². The normalized spacial score (nSPS) is 21.6. The van der Waals surface area contributed by atoms with Crippen molar-refractivity contribution in [1.82, 2.24) is 20.0 Å². The van der Waals surface area contributed by atoms with Gasteiger partial charge in [-0.05, 0) is 33.0 Å². The molecule has 1 N–H and O–H groups in total. The third-order valence-electron chi connectivity index (χ3n) is 3.92. The van der Waals surface area contributed by atoms with Gasteiger partial charge in [0.2, 0.25) is 5.91 Å². The molecular formula is C13H24N4O3. The number of hydrogen-bond donors (Lipinski definition) is 1. The Morgan fingerprint density at radius 1 is 1.40 bits per heavy atom. The lowest BCUT2D eigenvalue weighted by Crippen LogP contribution is -2.48. The highest BCUT2D eigenvalue weighted by molar-refractivity contribution is 5.87. The molecule has 20 heavy (non-hydrogen) atoms. The predicted molar refractivity (Wildman–Crippen MR) is 74.2 cm³/mol. The number of carbonyl (C=O) groups is 2. The Bertz CT molecular complexity index is 356. The van der Waals surface area contributed by atoms with E-state index < -0.39 is 0 Å². The van der Waals surface area contributed by atoms with E-state index in [4.69, 9.17) is 4.74 Å². The molecule has 0 radical (unpaired) electrons. The van der Waals surface area contributed by atoms with Crippen LogP contribution >= 0.6 is 0 Å². The average Bonchev–Trinajstić information content (AvgIpc) is 2.80. The van der Waals surface area contributed by atoms with Crippen molar-refractivity contribution in [2.24, 2.45) is 0 Å². The van der Waals surface area contributed by atoms with Gasteiger partial charge >= 0.3 is 6.03 Å². The third kappa shape index (κ3) is 3.83. The maximum atomic E-state index is 12.2. The van der Waals surface area contributed by atoms with E-state index in [9.17, 15) is 9.59 Å². The molecule has 2 rings (SSSR count). The van der Waals surface area contributed by atoms with Gasteiger partial charge in [0.25, 0.3) is 0 Å². The molecule has 2 heterocycles. The first-order valence-electron chi connectivity index (χ1n) is 7.11. The van der Waals surface area contributed by atoms with Crippen LogP contribution in [0.3, 0.4) is 0 Å². The second kappa shape index (κ2) is 6.90. The predicted octanol–water partition coefficient (Wildman–Crippen LogP) is -0.462. The van der Waals surface area contributed by atoms with E-state index in [0.717, 1.165) is 25.9 Å². The first-order valence-corrected chi connectivity index (χ1v) is 7.11. The number of nitrogens with one attached hydrogen (secondary N) is 1. The van der Waals surface area contributed by atoms with Crippen LogP contribution in [0.1, 0.15) is 12.8 Å². The maximum absolute atomic E-state index is 12.2. The SMILES string of the molecule is COCCN1CN(C(=O)NC2CCN(C)CC2)CC1=O. The van der Waals surface area contributed by atoms with Gasteiger partial charge in [0.15, 0.2) is 0 Å². The molecule has 0 aromatic heterocycles. The number of likely N-dealkylation sites (tertiary alicyclic amines) is 1. The van der Waals surface area contributed by atoms with Gasteiger partial charge in [-0.15, -0.1) is 0 Å². The first kappa shape index (κ1) is 15.1. The summed E-state index contributed by atoms with van der Waals surface area (Å²) < 4.78 is 4.96. The number of carbonyl (C=O) groups excluding carboxylic acids is 2. The molecule has 7 heteroatoms. The van der Waals surface area contributed by atoms with Crippen molar-refractivity contribution in [2.45, 2.75) is 18.9 Å². The lowest BCUT2D eigenvalue weighted by Gasteiger charge is -2.30. The number of hydrogen-bond acceptors (Lipinski definition) is 4. The molecular weight excluding hydrogens is 260 g/mol. The molecule has 2 saturated heterocycles. The van der Waals surface area contributed by atoms with E-state index in [2.05, 4.69) is 17.3 Å². The van der Waals surface area contributed by atoms with Crippen LogP contribution in [0.2, 0.25) is 0 Å². The lowest BCUT2D eigenvalue weighted by atomic mass is 10.1. The van der Waals surface area contributed by atoms with Crippen molar-refractivity contribution in [1.29, 1.82) is 0 Å². The Morgan fingerprint density at radius 2 is 2.10 bits per heavy atom. The van der Waals surface area contributed by atoms with Gasteiger partial charge < -0.3 is 19.9 Å². The average molecular weight is 284 g/mol. The zero-order valence-corrected chi connectivity index (χ0v) is 12.3. The summed E-state index contributed by atoms with van der Waals surface area (Å²) in [5, 5.41) is 3.03. The zero-order valence-electron chi connectivity index (χ0n) is 12.3. The Kier molecular flexibility index (Phi) is 5.19. The molecule has 2 aliphatic rings. The topological polar surface area (TPSA) is 65.1 Å². The van der Waals surface area contributed by atoms with Crippen molar-refractivity contribution in [3.05, 3.63) is 0 Å². The number of piperidine rings is 1. The van der Waals surface area contributed by atoms with E-state index in [1.165, 1.54) is 0 Å². The van der Waals surface area contributed by atoms with E-state index in [1.54, 1.807) is 16.9 Å². The zero-order chi connectivity index (χ0) is 14.5. The Morgan fingerprint density at radius 3 is 2.75 bits per heavy atom. The molecule has 0 spiro atoms. The third-order valence-corrected chi connectivity index (χ3v) is 3.92. The van der Waals surface area contributed by atoms with E-state index in [-0.39, 0.29) is 24.5 Å². The molecule has 0 unspecified atom stereocenters. The lowest BCUT2D eigenvalue weighted by molar-refractivity contribution is -0.127. The minimum atomic E-state index is -0.132. The summed E-state index contributed by atoms with van der Waals surface area (Å²) in [6.45, 7) is 3.57. The smallest absolute Gasteiger partial charge is 0.319 e. The quantitative estimate of drug-likeness (QED) is 0.758. The van der Waals surface area contributed by atoms with Gasteiger partial charge in [0, 0.05) is 19.7 Å². The van der Waals surface area contributed by atoms with E-state index in [0.29, 0.717) is 19.8 Å². The van der Waals surface area contributed by atoms with Crippen LogP contribution in [-0.4, -0.2) is 86.3 Å². The number of ether oxygens (including phenoxy) is 1. The van der Waals surface area contributed by atoms with Crippen LogP contribution in [0.5, 0.6) is 0 Å². The second-order valence-corrected chi connectivity index (χ2v) is 5.52. The fraction of sp³-hybridized carbons (Fsp3) is 0.846. The monoisotopic (exact) mass is 284 g/mol. The highest BCUT2D eigenvalue weighted by Gasteiger charge is 2.31. The van der Waals surface area contributed by atoms with Crippen LogP contribution in [0.4, 0.5) is 4.79 Å². The van der Waals surface area contributed by atoms with E-state index in [1.807, 2.05) is 0 Å². The summed E-state index contributed by atoms with van der Waals surface area (Å²) in [7, 11) is 3.69. The number of rotatable bonds is 4. The fourth-order valence-corrected chi connectivity index (χ4v) is 2.55. The highest BCUT2D eigenvalue weighted by atomic mass is 16.5. The molecule has 2 aliphatic heterocycles. The van der Waals surface area contributed by atoms with Crippen molar-refractivity contribution >= 4 is 11.9 Å². The highest BCUT2D eigenvalue weighted by Crippen LogP contribution is 2.11. The molecule has 2 fully saturated rings. The molecule has 0 saturated carbocycles. The maximum Gasteiger partial charge on any atom is 0.319 e. The Labute approximate surface area is 119 Å². The van der Waals surface area contributed by atoms with Gasteiger partial charge in [-0.2, -0.15) is 0 Å². The molecule has 0 bridgehead atoms. The minimum Gasteiger partial charge on any atom is -0.383 e. The summed E-state index contributed by atoms with van der Waals surface area (Å²) in [5.74, 6) is -0.0134. The van der Waals surface area contributed by atoms with Crippen LogP contribution in [0, 0.1) is 0 Å². The fourth-order valence-electron chi connectivity index (χ4n) is 2.55. The summed E-state index contributed by atoms with van der Waals surface area (Å²) in [5.41, 5.74) is 0. The van der Waals surface area contributed by atoms with Crippen molar-refractivity contribution in [2.75, 3.05) is 53.6 Å². The largest absolute Gasteiger partial charge is 0.383 e. The Balaban J connectivity index is 1.77. The van der Waals surface area contributed by atoms with Crippen LogP contribution in [0.15, 0.2) is 0 Å². The summed E-state index contributed by atoms with van der Waals surface area (Å²) >= 11 is 0. The minimum absolute atomic E-state index is 0.0134. The Hall–Kier alpha value is -1.34. The van der Waals surface area contributed by atoms with Crippen LogP contribution < -0.4 is 5.32 Å². The number of urea groups is 1.